The zero-order valence-corrected chi connectivity index (χ0v) is 14.7. The van der Waals surface area contributed by atoms with E-state index in [1.807, 2.05) is 30.5 Å². The van der Waals surface area contributed by atoms with Crippen LogP contribution in [0.15, 0.2) is 53.9 Å². The van der Waals surface area contributed by atoms with Crippen molar-refractivity contribution in [1.29, 1.82) is 0 Å². The summed E-state index contributed by atoms with van der Waals surface area (Å²) in [6.45, 7) is 2.17. The van der Waals surface area contributed by atoms with Crippen LogP contribution in [0.25, 0.3) is 0 Å². The van der Waals surface area contributed by atoms with Gasteiger partial charge in [-0.2, -0.15) is 0 Å². The fourth-order valence-corrected chi connectivity index (χ4v) is 3.06. The van der Waals surface area contributed by atoms with Gasteiger partial charge in [0.05, 0.1) is 11.5 Å². The zero-order chi connectivity index (χ0) is 18.5. The van der Waals surface area contributed by atoms with E-state index in [1.165, 1.54) is 23.5 Å². The third-order valence-electron chi connectivity index (χ3n) is 3.58. The van der Waals surface area contributed by atoms with Crippen LogP contribution in [0.1, 0.15) is 21.1 Å². The number of aryl methyl sites for hydroxylation is 1. The number of aromatic nitrogens is 1. The summed E-state index contributed by atoms with van der Waals surface area (Å²) in [5.41, 5.74) is 2.02. The third kappa shape index (κ3) is 4.22. The quantitative estimate of drug-likeness (QED) is 0.506. The summed E-state index contributed by atoms with van der Waals surface area (Å²) < 4.78 is 0. The second-order valence-corrected chi connectivity index (χ2v) is 6.49. The molecule has 2 aromatic carbocycles. The molecule has 1 heterocycles. The molecule has 3 rings (SSSR count). The number of para-hydroxylation sites is 1. The highest BCUT2D eigenvalue weighted by Crippen LogP contribution is 2.28. The first-order valence-corrected chi connectivity index (χ1v) is 8.70. The molecule has 8 heteroatoms. The van der Waals surface area contributed by atoms with Gasteiger partial charge in [-0.1, -0.05) is 18.2 Å². The molecule has 0 unspecified atom stereocenters. The van der Waals surface area contributed by atoms with Crippen LogP contribution in [0, 0.1) is 17.0 Å². The number of anilines is 2. The van der Waals surface area contributed by atoms with Crippen molar-refractivity contribution in [2.24, 2.45) is 0 Å². The largest absolute Gasteiger partial charge is 0.350 e. The molecule has 0 fully saturated rings. The average Bonchev–Trinajstić information content (AvgIpc) is 3.06. The molecule has 1 aromatic heterocycles. The molecule has 0 radical (unpaired) electrons. The van der Waals surface area contributed by atoms with Crippen molar-refractivity contribution in [2.45, 2.75) is 13.5 Å². The zero-order valence-electron chi connectivity index (χ0n) is 13.9. The van der Waals surface area contributed by atoms with Gasteiger partial charge in [0, 0.05) is 28.4 Å². The molecule has 0 aliphatic heterocycles. The number of hydrogen-bond donors (Lipinski definition) is 2. The molecule has 0 aliphatic carbocycles. The molecule has 3 aromatic rings. The third-order valence-corrected chi connectivity index (χ3v) is 4.54. The molecule has 0 saturated carbocycles. The maximum atomic E-state index is 12.3. The van der Waals surface area contributed by atoms with E-state index in [9.17, 15) is 14.9 Å². The van der Waals surface area contributed by atoms with Crippen molar-refractivity contribution < 1.29 is 9.72 Å². The first-order chi connectivity index (χ1) is 12.5. The maximum Gasteiger partial charge on any atom is 0.293 e. The first-order valence-electron chi connectivity index (χ1n) is 7.82. The van der Waals surface area contributed by atoms with Gasteiger partial charge in [-0.3, -0.25) is 14.9 Å². The topological polar surface area (TPSA) is 97.2 Å². The van der Waals surface area contributed by atoms with Crippen LogP contribution in [-0.4, -0.2) is 15.8 Å². The highest BCUT2D eigenvalue weighted by atomic mass is 32.1. The van der Waals surface area contributed by atoms with E-state index in [-0.39, 0.29) is 23.7 Å². The summed E-state index contributed by atoms with van der Waals surface area (Å²) in [5.74, 6) is -0.382. The minimum atomic E-state index is -0.508. The van der Waals surface area contributed by atoms with Gasteiger partial charge >= 0.3 is 0 Å². The normalized spacial score (nSPS) is 10.3. The van der Waals surface area contributed by atoms with E-state index in [4.69, 9.17) is 0 Å². The number of hydrogen-bond acceptors (Lipinski definition) is 6. The Hall–Kier alpha value is -3.26. The van der Waals surface area contributed by atoms with Gasteiger partial charge in [-0.05, 0) is 31.2 Å². The molecular weight excluding hydrogens is 352 g/mol. The van der Waals surface area contributed by atoms with E-state index in [0.717, 1.165) is 16.4 Å². The lowest BCUT2D eigenvalue weighted by Gasteiger charge is -2.09. The molecule has 7 nitrogen and oxygen atoms in total. The number of amides is 1. The number of nitro benzene ring substituents is 1. The van der Waals surface area contributed by atoms with Crippen LogP contribution < -0.4 is 10.6 Å². The molecule has 26 heavy (non-hydrogen) atoms. The Morgan fingerprint density at radius 1 is 1.23 bits per heavy atom. The first kappa shape index (κ1) is 17.6. The van der Waals surface area contributed by atoms with Gasteiger partial charge in [0.2, 0.25) is 0 Å². The Kier molecular flexibility index (Phi) is 5.23. The van der Waals surface area contributed by atoms with E-state index in [0.29, 0.717) is 5.69 Å². The number of thiazole rings is 1. The van der Waals surface area contributed by atoms with Crippen LogP contribution in [-0.2, 0) is 6.54 Å². The van der Waals surface area contributed by atoms with Crippen LogP contribution in [0.5, 0.6) is 0 Å². The van der Waals surface area contributed by atoms with Gasteiger partial charge in [0.1, 0.15) is 10.7 Å². The van der Waals surface area contributed by atoms with Crippen LogP contribution in [0.2, 0.25) is 0 Å². The Balaban J connectivity index is 1.77. The molecule has 0 atom stereocenters. The Bertz CT molecular complexity index is 941. The summed E-state index contributed by atoms with van der Waals surface area (Å²) in [7, 11) is 0. The van der Waals surface area contributed by atoms with Crippen molar-refractivity contribution in [3.63, 3.8) is 0 Å². The second-order valence-electron chi connectivity index (χ2n) is 5.55. The molecule has 132 valence electrons. The number of benzene rings is 2. The van der Waals surface area contributed by atoms with Crippen LogP contribution in [0.4, 0.5) is 17.1 Å². The monoisotopic (exact) mass is 368 g/mol. The Morgan fingerprint density at radius 2 is 2.00 bits per heavy atom. The predicted molar refractivity (Wildman–Crippen MR) is 101 cm³/mol. The minimum absolute atomic E-state index is 0.161. The number of rotatable bonds is 6. The predicted octanol–water partition coefficient (Wildman–Crippen LogP) is 4.03. The van der Waals surface area contributed by atoms with Gasteiger partial charge in [0.25, 0.3) is 11.6 Å². The molecular formula is C18H16N4O3S. The van der Waals surface area contributed by atoms with Crippen molar-refractivity contribution in [3.8, 4) is 0 Å². The number of carbonyl (C=O) groups is 1. The average molecular weight is 368 g/mol. The lowest BCUT2D eigenvalue weighted by Crippen LogP contribution is -2.22. The summed E-state index contributed by atoms with van der Waals surface area (Å²) in [4.78, 5) is 27.4. The van der Waals surface area contributed by atoms with E-state index >= 15 is 0 Å². The highest BCUT2D eigenvalue weighted by Gasteiger charge is 2.18. The molecule has 0 aliphatic rings. The van der Waals surface area contributed by atoms with E-state index in [1.54, 1.807) is 18.2 Å². The summed E-state index contributed by atoms with van der Waals surface area (Å²) in [6, 6.07) is 13.5. The number of nitrogens with zero attached hydrogens (tertiary/aromatic N) is 2. The minimum Gasteiger partial charge on any atom is -0.350 e. The lowest BCUT2D eigenvalue weighted by molar-refractivity contribution is -0.383. The van der Waals surface area contributed by atoms with Crippen molar-refractivity contribution in [3.05, 3.63) is 80.3 Å². The van der Waals surface area contributed by atoms with Gasteiger partial charge in [-0.15, -0.1) is 11.3 Å². The molecule has 2 N–H and O–H groups in total. The van der Waals surface area contributed by atoms with Gasteiger partial charge < -0.3 is 10.6 Å². The maximum absolute atomic E-state index is 12.3. The summed E-state index contributed by atoms with van der Waals surface area (Å²) >= 11 is 1.45. The number of nitrogens with one attached hydrogen (secondary N) is 2. The molecule has 0 saturated heterocycles. The van der Waals surface area contributed by atoms with Gasteiger partial charge in [0.15, 0.2) is 0 Å². The standard InChI is InChI=1S/C18H16N4O3S/c1-12-11-26-17(20-12)10-19-18(23)13-7-8-15(16(9-13)22(24)25)21-14-5-3-2-4-6-14/h2-9,11,21H,10H2,1H3,(H,19,23). The summed E-state index contributed by atoms with van der Waals surface area (Å²) in [5, 5.41) is 19.8. The van der Waals surface area contributed by atoms with Crippen molar-refractivity contribution in [1.82, 2.24) is 10.3 Å². The second kappa shape index (κ2) is 7.75. The smallest absolute Gasteiger partial charge is 0.293 e. The Labute approximate surface area is 153 Å². The number of carbonyl (C=O) groups excluding carboxylic acids is 1. The van der Waals surface area contributed by atoms with Crippen molar-refractivity contribution >= 4 is 34.3 Å². The SMILES string of the molecule is Cc1csc(CNC(=O)c2ccc(Nc3ccccc3)c([N+](=O)[O-])c2)n1. The lowest BCUT2D eigenvalue weighted by atomic mass is 10.1. The fraction of sp³-hybridized carbons (Fsp3) is 0.111. The van der Waals surface area contributed by atoms with Crippen LogP contribution >= 0.6 is 11.3 Å². The van der Waals surface area contributed by atoms with E-state index in [2.05, 4.69) is 15.6 Å². The van der Waals surface area contributed by atoms with Crippen LogP contribution in [0.3, 0.4) is 0 Å². The van der Waals surface area contributed by atoms with E-state index < -0.39 is 4.92 Å². The fourth-order valence-electron chi connectivity index (χ4n) is 2.35. The highest BCUT2D eigenvalue weighted by molar-refractivity contribution is 7.09. The molecule has 0 spiro atoms. The number of nitro groups is 1. The molecule has 1 amide bonds. The van der Waals surface area contributed by atoms with Crippen molar-refractivity contribution in [2.75, 3.05) is 5.32 Å². The Morgan fingerprint density at radius 3 is 2.65 bits per heavy atom. The summed E-state index contributed by atoms with van der Waals surface area (Å²) in [6.07, 6.45) is 0. The van der Waals surface area contributed by atoms with Gasteiger partial charge in [-0.25, -0.2) is 4.98 Å². The molecule has 0 bridgehead atoms.